The highest BCUT2D eigenvalue weighted by Crippen LogP contribution is 2.23. The Morgan fingerprint density at radius 2 is 2.11 bits per heavy atom. The molecule has 1 aromatic carbocycles. The number of hydrogen-bond donors (Lipinski definition) is 2. The minimum atomic E-state index is -0.197. The van der Waals surface area contributed by atoms with Crippen molar-refractivity contribution in [1.29, 1.82) is 0 Å². The van der Waals surface area contributed by atoms with Gasteiger partial charge in [-0.3, -0.25) is 4.79 Å². The van der Waals surface area contributed by atoms with Crippen LogP contribution in [-0.4, -0.2) is 17.6 Å². The van der Waals surface area contributed by atoms with Gasteiger partial charge in [0.25, 0.3) is 0 Å². The number of carbonyl (C=O) groups excluding carboxylic acids is 1. The number of hydrogen-bond acceptors (Lipinski definition) is 3. The van der Waals surface area contributed by atoms with Crippen LogP contribution in [0.25, 0.3) is 0 Å². The summed E-state index contributed by atoms with van der Waals surface area (Å²) in [6.07, 6.45) is 2.09. The van der Waals surface area contributed by atoms with Crippen molar-refractivity contribution >= 4 is 28.9 Å². The van der Waals surface area contributed by atoms with E-state index in [1.54, 1.807) is 0 Å². The maximum atomic E-state index is 10.9. The molecule has 0 saturated heterocycles. The zero-order chi connectivity index (χ0) is 13.4. The molecule has 0 aliphatic heterocycles. The molecule has 0 aliphatic rings. The highest BCUT2D eigenvalue weighted by Gasteiger charge is 2.05. The maximum absolute atomic E-state index is 10.9. The molecule has 4 nitrogen and oxygen atoms in total. The predicted molar refractivity (Wildman–Crippen MR) is 76.9 cm³/mol. The number of amides is 1. The minimum absolute atomic E-state index is 0.197. The van der Waals surface area contributed by atoms with Crippen LogP contribution in [0, 0.1) is 0 Å². The Hall–Kier alpha value is -1.62. The maximum Gasteiger partial charge on any atom is 0.222 e. The number of carbonyl (C=O) groups is 1. The van der Waals surface area contributed by atoms with Crippen LogP contribution < -0.4 is 15.4 Å². The van der Waals surface area contributed by atoms with E-state index in [1.165, 1.54) is 6.92 Å². The van der Waals surface area contributed by atoms with Crippen LogP contribution in [0.4, 0.5) is 5.69 Å². The molecule has 0 saturated carbocycles. The fourth-order valence-electron chi connectivity index (χ4n) is 1.34. The Morgan fingerprint density at radius 3 is 2.78 bits per heavy atom. The van der Waals surface area contributed by atoms with Gasteiger partial charge in [0.2, 0.25) is 5.91 Å². The third-order valence-corrected chi connectivity index (χ3v) is 2.38. The van der Waals surface area contributed by atoms with Gasteiger partial charge >= 0.3 is 0 Å². The van der Waals surface area contributed by atoms with E-state index in [1.807, 2.05) is 24.3 Å². The molecule has 2 N–H and O–H groups in total. The van der Waals surface area contributed by atoms with E-state index in [0.29, 0.717) is 6.61 Å². The highest BCUT2D eigenvalue weighted by atomic mass is 32.1. The summed E-state index contributed by atoms with van der Waals surface area (Å²) in [6, 6.07) is 7.50. The van der Waals surface area contributed by atoms with Crippen molar-refractivity contribution in [3.8, 4) is 5.75 Å². The molecule has 0 bridgehead atoms. The van der Waals surface area contributed by atoms with Crippen molar-refractivity contribution in [2.45, 2.75) is 26.7 Å². The number of nitrogens with one attached hydrogen (secondary N) is 2. The minimum Gasteiger partial charge on any atom is -0.491 e. The fourth-order valence-corrected chi connectivity index (χ4v) is 1.59. The first-order valence-corrected chi connectivity index (χ1v) is 6.34. The van der Waals surface area contributed by atoms with Crippen molar-refractivity contribution in [2.75, 3.05) is 11.9 Å². The summed E-state index contributed by atoms with van der Waals surface area (Å²) in [4.78, 5) is 10.9. The van der Waals surface area contributed by atoms with Crippen molar-refractivity contribution in [3.63, 3.8) is 0 Å². The quantitative estimate of drug-likeness (QED) is 0.635. The molecule has 0 radical (unpaired) electrons. The molecule has 98 valence electrons. The van der Waals surface area contributed by atoms with Gasteiger partial charge in [-0.2, -0.15) is 0 Å². The second-order valence-electron chi connectivity index (χ2n) is 3.83. The molecular formula is C13H18N2O2S. The van der Waals surface area contributed by atoms with Gasteiger partial charge in [0.05, 0.1) is 12.3 Å². The highest BCUT2D eigenvalue weighted by molar-refractivity contribution is 7.80. The van der Waals surface area contributed by atoms with E-state index in [4.69, 9.17) is 17.0 Å². The smallest absolute Gasteiger partial charge is 0.222 e. The van der Waals surface area contributed by atoms with Crippen molar-refractivity contribution in [1.82, 2.24) is 5.32 Å². The summed E-state index contributed by atoms with van der Waals surface area (Å²) in [6.45, 7) is 4.19. The molecule has 18 heavy (non-hydrogen) atoms. The average molecular weight is 266 g/mol. The molecule has 0 aliphatic carbocycles. The van der Waals surface area contributed by atoms with Gasteiger partial charge in [-0.05, 0) is 30.8 Å². The Morgan fingerprint density at radius 1 is 1.39 bits per heavy atom. The topological polar surface area (TPSA) is 50.4 Å². The lowest BCUT2D eigenvalue weighted by molar-refractivity contribution is -0.117. The van der Waals surface area contributed by atoms with Crippen LogP contribution in [0.2, 0.25) is 0 Å². The Labute approximate surface area is 113 Å². The first-order valence-electron chi connectivity index (χ1n) is 5.94. The van der Waals surface area contributed by atoms with Crippen LogP contribution in [0.15, 0.2) is 24.3 Å². The molecule has 0 aromatic heterocycles. The van der Waals surface area contributed by atoms with Crippen LogP contribution in [0.5, 0.6) is 5.75 Å². The summed E-state index contributed by atoms with van der Waals surface area (Å²) in [5.74, 6) is 0.538. The summed E-state index contributed by atoms with van der Waals surface area (Å²) in [5, 5.41) is 5.73. The number of unbranched alkanes of at least 4 members (excludes halogenated alkanes) is 1. The first kappa shape index (κ1) is 14.4. The molecule has 0 heterocycles. The van der Waals surface area contributed by atoms with Gasteiger partial charge in [0.1, 0.15) is 5.75 Å². The van der Waals surface area contributed by atoms with E-state index in [2.05, 4.69) is 17.6 Å². The third-order valence-electron chi connectivity index (χ3n) is 2.18. The van der Waals surface area contributed by atoms with Crippen molar-refractivity contribution in [3.05, 3.63) is 24.3 Å². The van der Waals surface area contributed by atoms with E-state index < -0.39 is 0 Å². The van der Waals surface area contributed by atoms with E-state index in [-0.39, 0.29) is 11.0 Å². The van der Waals surface area contributed by atoms with Gasteiger partial charge in [0, 0.05) is 6.92 Å². The van der Waals surface area contributed by atoms with Gasteiger partial charge < -0.3 is 15.4 Å². The number of benzene rings is 1. The van der Waals surface area contributed by atoms with Gasteiger partial charge in [-0.1, -0.05) is 25.5 Å². The van der Waals surface area contributed by atoms with Gasteiger partial charge in [0.15, 0.2) is 5.11 Å². The number of anilines is 1. The Balaban J connectivity index is 2.63. The lowest BCUT2D eigenvalue weighted by Crippen LogP contribution is -2.32. The van der Waals surface area contributed by atoms with Gasteiger partial charge in [-0.15, -0.1) is 0 Å². The second kappa shape index (κ2) is 7.66. The SMILES string of the molecule is CCCCOc1ccccc1NC(=S)NC(C)=O. The largest absolute Gasteiger partial charge is 0.491 e. The van der Waals surface area contributed by atoms with Crippen molar-refractivity contribution in [2.24, 2.45) is 0 Å². The lowest BCUT2D eigenvalue weighted by atomic mass is 10.3. The number of thiocarbonyl (C=S) groups is 1. The van der Waals surface area contributed by atoms with Gasteiger partial charge in [-0.25, -0.2) is 0 Å². The monoisotopic (exact) mass is 266 g/mol. The third kappa shape index (κ3) is 5.14. The number of para-hydroxylation sites is 2. The fraction of sp³-hybridized carbons (Fsp3) is 0.385. The van der Waals surface area contributed by atoms with Crippen LogP contribution in [0.3, 0.4) is 0 Å². The average Bonchev–Trinajstić information content (AvgIpc) is 2.30. The summed E-state index contributed by atoms with van der Waals surface area (Å²) in [5.41, 5.74) is 0.757. The van der Waals surface area contributed by atoms with Crippen LogP contribution >= 0.6 is 12.2 Å². The molecule has 0 spiro atoms. The molecule has 1 aromatic rings. The zero-order valence-corrected chi connectivity index (χ0v) is 11.5. The Bertz CT molecular complexity index is 421. The molecule has 1 rings (SSSR count). The lowest BCUT2D eigenvalue weighted by Gasteiger charge is -2.13. The number of rotatable bonds is 5. The molecular weight excluding hydrogens is 248 g/mol. The predicted octanol–water partition coefficient (Wildman–Crippen LogP) is 2.70. The Kier molecular flexibility index (Phi) is 6.14. The van der Waals surface area contributed by atoms with E-state index in [0.717, 1.165) is 24.3 Å². The molecule has 5 heteroatoms. The zero-order valence-electron chi connectivity index (χ0n) is 10.7. The normalized spacial score (nSPS) is 9.67. The summed E-state index contributed by atoms with van der Waals surface area (Å²) < 4.78 is 5.65. The molecule has 1 amide bonds. The molecule has 0 fully saturated rings. The van der Waals surface area contributed by atoms with Crippen LogP contribution in [-0.2, 0) is 4.79 Å². The standard InChI is InChI=1S/C13H18N2O2S/c1-3-4-9-17-12-8-6-5-7-11(12)15-13(18)14-10(2)16/h5-8H,3-4,9H2,1-2H3,(H2,14,15,16,18). The molecule has 0 unspecified atom stereocenters. The summed E-state index contributed by atoms with van der Waals surface area (Å²) in [7, 11) is 0. The van der Waals surface area contributed by atoms with E-state index >= 15 is 0 Å². The second-order valence-corrected chi connectivity index (χ2v) is 4.24. The van der Waals surface area contributed by atoms with Crippen LogP contribution in [0.1, 0.15) is 26.7 Å². The first-order chi connectivity index (χ1) is 8.63. The van der Waals surface area contributed by atoms with Crippen molar-refractivity contribution < 1.29 is 9.53 Å². The van der Waals surface area contributed by atoms with E-state index in [9.17, 15) is 4.79 Å². The molecule has 0 atom stereocenters. The number of ether oxygens (including phenoxy) is 1. The summed E-state index contributed by atoms with van der Waals surface area (Å²) >= 11 is 5.01.